The van der Waals surface area contributed by atoms with Crippen molar-refractivity contribution in [2.75, 3.05) is 23.8 Å². The number of nitrogen functional groups attached to an aromatic ring is 1. The first-order valence-corrected chi connectivity index (χ1v) is 7.15. The molecule has 1 heterocycles. The van der Waals surface area contributed by atoms with Crippen molar-refractivity contribution in [3.05, 3.63) is 12.1 Å². The molecule has 0 radical (unpaired) electrons. The van der Waals surface area contributed by atoms with Crippen molar-refractivity contribution in [1.82, 2.24) is 4.98 Å². The van der Waals surface area contributed by atoms with Crippen LogP contribution in [-0.4, -0.2) is 24.2 Å². The molecule has 0 aliphatic heterocycles. The molecule has 4 nitrogen and oxygen atoms in total. The molecule has 0 amide bonds. The topological polar surface area (TPSA) is 51.4 Å². The third kappa shape index (κ3) is 4.30. The maximum Gasteiger partial charge on any atom is 0.239 e. The first-order chi connectivity index (χ1) is 8.99. The van der Waals surface area contributed by atoms with E-state index in [1.165, 1.54) is 0 Å². The van der Waals surface area contributed by atoms with Gasteiger partial charge >= 0.3 is 0 Å². The molecule has 1 unspecified atom stereocenters. The number of rotatable bonds is 7. The molecular formula is C15H27N3O. The van der Waals surface area contributed by atoms with Crippen molar-refractivity contribution in [3.63, 3.8) is 0 Å². The van der Waals surface area contributed by atoms with Gasteiger partial charge < -0.3 is 15.4 Å². The highest BCUT2D eigenvalue weighted by atomic mass is 16.5. The first-order valence-electron chi connectivity index (χ1n) is 7.15. The third-order valence-corrected chi connectivity index (χ3v) is 3.19. The van der Waals surface area contributed by atoms with Gasteiger partial charge in [0.1, 0.15) is 5.82 Å². The standard InChI is InChI=1S/C15H27N3O/c1-6-12(5)18(7-2)14-9-8-13(16)15(17-14)19-10-11(3)4/h8-9,11-12H,6-7,10,16H2,1-5H3. The number of aromatic nitrogens is 1. The van der Waals surface area contributed by atoms with Gasteiger partial charge in [-0.05, 0) is 38.3 Å². The van der Waals surface area contributed by atoms with Gasteiger partial charge in [0.05, 0.1) is 12.3 Å². The summed E-state index contributed by atoms with van der Waals surface area (Å²) in [5.41, 5.74) is 6.52. The lowest BCUT2D eigenvalue weighted by Crippen LogP contribution is -2.33. The molecule has 1 aromatic rings. The zero-order valence-electron chi connectivity index (χ0n) is 12.8. The second kappa shape index (κ2) is 7.22. The molecule has 0 saturated carbocycles. The van der Waals surface area contributed by atoms with Crippen LogP contribution in [0.25, 0.3) is 0 Å². The summed E-state index contributed by atoms with van der Waals surface area (Å²) in [7, 11) is 0. The number of pyridine rings is 1. The van der Waals surface area contributed by atoms with Gasteiger partial charge in [0.2, 0.25) is 5.88 Å². The van der Waals surface area contributed by atoms with Gasteiger partial charge in [0.25, 0.3) is 0 Å². The van der Waals surface area contributed by atoms with Gasteiger partial charge in [0.15, 0.2) is 0 Å². The highest BCUT2D eigenvalue weighted by Crippen LogP contribution is 2.25. The van der Waals surface area contributed by atoms with Gasteiger partial charge in [-0.2, -0.15) is 4.98 Å². The van der Waals surface area contributed by atoms with Crippen LogP contribution in [0, 0.1) is 5.92 Å². The molecule has 4 heteroatoms. The van der Waals surface area contributed by atoms with Crippen LogP contribution in [0.2, 0.25) is 0 Å². The van der Waals surface area contributed by atoms with E-state index in [2.05, 4.69) is 44.5 Å². The van der Waals surface area contributed by atoms with Gasteiger partial charge in [-0.1, -0.05) is 20.8 Å². The van der Waals surface area contributed by atoms with E-state index in [0.29, 0.717) is 30.1 Å². The highest BCUT2D eigenvalue weighted by Gasteiger charge is 2.14. The van der Waals surface area contributed by atoms with Crippen molar-refractivity contribution < 1.29 is 4.74 Å². The Bertz CT molecular complexity index is 393. The van der Waals surface area contributed by atoms with Crippen LogP contribution >= 0.6 is 0 Å². The molecule has 19 heavy (non-hydrogen) atoms. The maximum atomic E-state index is 5.92. The molecule has 0 saturated heterocycles. The predicted octanol–water partition coefficient (Wildman–Crippen LogP) is 3.32. The Morgan fingerprint density at radius 3 is 2.47 bits per heavy atom. The lowest BCUT2D eigenvalue weighted by Gasteiger charge is -2.28. The van der Waals surface area contributed by atoms with Crippen molar-refractivity contribution in [1.29, 1.82) is 0 Å². The molecule has 108 valence electrons. The Hall–Kier alpha value is -1.45. The van der Waals surface area contributed by atoms with Crippen LogP contribution in [0.5, 0.6) is 5.88 Å². The van der Waals surface area contributed by atoms with Crippen molar-refractivity contribution in [2.45, 2.75) is 47.1 Å². The molecule has 0 aliphatic carbocycles. The number of ether oxygens (including phenoxy) is 1. The molecule has 1 aromatic heterocycles. The van der Waals surface area contributed by atoms with E-state index < -0.39 is 0 Å². The molecule has 1 atom stereocenters. The van der Waals surface area contributed by atoms with E-state index in [1.807, 2.05) is 12.1 Å². The Morgan fingerprint density at radius 2 is 1.95 bits per heavy atom. The monoisotopic (exact) mass is 265 g/mol. The fourth-order valence-corrected chi connectivity index (χ4v) is 1.88. The summed E-state index contributed by atoms with van der Waals surface area (Å²) in [4.78, 5) is 6.83. The average Bonchev–Trinajstić information content (AvgIpc) is 2.39. The second-order valence-electron chi connectivity index (χ2n) is 5.31. The van der Waals surface area contributed by atoms with Gasteiger partial charge in [-0.25, -0.2) is 0 Å². The van der Waals surface area contributed by atoms with E-state index in [1.54, 1.807) is 0 Å². The summed E-state index contributed by atoms with van der Waals surface area (Å²) < 4.78 is 5.68. The fraction of sp³-hybridized carbons (Fsp3) is 0.667. The number of hydrogen-bond donors (Lipinski definition) is 1. The van der Waals surface area contributed by atoms with E-state index in [4.69, 9.17) is 10.5 Å². The Balaban J connectivity index is 2.93. The van der Waals surface area contributed by atoms with Gasteiger partial charge in [-0.3, -0.25) is 0 Å². The minimum Gasteiger partial charge on any atom is -0.476 e. The molecule has 0 spiro atoms. The lowest BCUT2D eigenvalue weighted by molar-refractivity contribution is 0.263. The molecule has 0 aliphatic rings. The van der Waals surface area contributed by atoms with Crippen molar-refractivity contribution in [2.24, 2.45) is 5.92 Å². The highest BCUT2D eigenvalue weighted by molar-refractivity contribution is 5.54. The third-order valence-electron chi connectivity index (χ3n) is 3.19. The van der Waals surface area contributed by atoms with Gasteiger partial charge in [-0.15, -0.1) is 0 Å². The second-order valence-corrected chi connectivity index (χ2v) is 5.31. The summed E-state index contributed by atoms with van der Waals surface area (Å²) in [6.45, 7) is 12.3. The van der Waals surface area contributed by atoms with Crippen LogP contribution in [0.1, 0.15) is 41.0 Å². The summed E-state index contributed by atoms with van der Waals surface area (Å²) in [6.07, 6.45) is 1.09. The van der Waals surface area contributed by atoms with E-state index in [-0.39, 0.29) is 0 Å². The molecular weight excluding hydrogens is 238 g/mol. The summed E-state index contributed by atoms with van der Waals surface area (Å²) >= 11 is 0. The molecule has 1 rings (SSSR count). The zero-order chi connectivity index (χ0) is 14.4. The Kier molecular flexibility index (Phi) is 5.93. The lowest BCUT2D eigenvalue weighted by atomic mass is 10.2. The van der Waals surface area contributed by atoms with Crippen LogP contribution in [0.4, 0.5) is 11.5 Å². The predicted molar refractivity (Wildman–Crippen MR) is 81.8 cm³/mol. The minimum atomic E-state index is 0.457. The van der Waals surface area contributed by atoms with E-state index in [0.717, 1.165) is 18.8 Å². The summed E-state index contributed by atoms with van der Waals surface area (Å²) in [5.74, 6) is 1.94. The summed E-state index contributed by atoms with van der Waals surface area (Å²) in [5, 5.41) is 0. The van der Waals surface area contributed by atoms with E-state index >= 15 is 0 Å². The Morgan fingerprint density at radius 1 is 1.26 bits per heavy atom. The number of hydrogen-bond acceptors (Lipinski definition) is 4. The van der Waals surface area contributed by atoms with Crippen LogP contribution in [0.3, 0.4) is 0 Å². The van der Waals surface area contributed by atoms with E-state index in [9.17, 15) is 0 Å². The smallest absolute Gasteiger partial charge is 0.239 e. The maximum absolute atomic E-state index is 5.92. The van der Waals surface area contributed by atoms with Crippen LogP contribution < -0.4 is 15.4 Å². The zero-order valence-corrected chi connectivity index (χ0v) is 12.8. The number of nitrogens with zero attached hydrogens (tertiary/aromatic N) is 2. The van der Waals surface area contributed by atoms with Crippen molar-refractivity contribution in [3.8, 4) is 5.88 Å². The van der Waals surface area contributed by atoms with Crippen LogP contribution in [0.15, 0.2) is 12.1 Å². The molecule has 0 aromatic carbocycles. The fourth-order valence-electron chi connectivity index (χ4n) is 1.88. The molecule has 0 fully saturated rings. The quantitative estimate of drug-likeness (QED) is 0.821. The first kappa shape index (κ1) is 15.6. The molecule has 0 bridgehead atoms. The normalized spacial score (nSPS) is 12.5. The number of nitrogens with two attached hydrogens (primary N) is 1. The van der Waals surface area contributed by atoms with Crippen molar-refractivity contribution >= 4 is 11.5 Å². The number of anilines is 2. The summed E-state index contributed by atoms with van der Waals surface area (Å²) in [6, 6.07) is 4.30. The largest absolute Gasteiger partial charge is 0.476 e. The Labute approximate surface area is 117 Å². The average molecular weight is 265 g/mol. The minimum absolute atomic E-state index is 0.457. The van der Waals surface area contributed by atoms with Crippen LogP contribution in [-0.2, 0) is 0 Å². The molecule has 2 N–H and O–H groups in total. The SMILES string of the molecule is CCC(C)N(CC)c1ccc(N)c(OCC(C)C)n1. The van der Waals surface area contributed by atoms with Gasteiger partial charge in [0, 0.05) is 12.6 Å².